The van der Waals surface area contributed by atoms with E-state index < -0.39 is 24.0 Å². The summed E-state index contributed by atoms with van der Waals surface area (Å²) >= 11 is 0. The van der Waals surface area contributed by atoms with E-state index in [1.165, 1.54) is 6.08 Å². The third kappa shape index (κ3) is 3.01. The van der Waals surface area contributed by atoms with Crippen molar-refractivity contribution < 1.29 is 22.1 Å². The molecule has 1 rings (SSSR count). The van der Waals surface area contributed by atoms with E-state index in [1.54, 1.807) is 0 Å². The molecule has 0 aliphatic rings. The van der Waals surface area contributed by atoms with E-state index in [-0.39, 0.29) is 6.61 Å². The summed E-state index contributed by atoms with van der Waals surface area (Å²) in [5.74, 6) is -1.26. The SMILES string of the molecule is C=CCOc1cc(F)ccc1[B-](F)(F)F. The van der Waals surface area contributed by atoms with Crippen LogP contribution in [0.1, 0.15) is 0 Å². The molecule has 0 amide bonds. The average molecular weight is 219 g/mol. The van der Waals surface area contributed by atoms with Crippen LogP contribution >= 0.6 is 0 Å². The predicted octanol–water partition coefficient (Wildman–Crippen LogP) is 2.44. The zero-order valence-corrected chi connectivity index (χ0v) is 7.72. The van der Waals surface area contributed by atoms with Crippen molar-refractivity contribution in [1.82, 2.24) is 0 Å². The van der Waals surface area contributed by atoms with Gasteiger partial charge < -0.3 is 17.7 Å². The molecule has 0 bridgehead atoms. The normalized spacial score (nSPS) is 11.2. The summed E-state index contributed by atoms with van der Waals surface area (Å²) in [6, 6.07) is 2.15. The van der Waals surface area contributed by atoms with E-state index in [4.69, 9.17) is 4.74 Å². The molecule has 0 aliphatic heterocycles. The highest BCUT2D eigenvalue weighted by Gasteiger charge is 2.29. The summed E-state index contributed by atoms with van der Waals surface area (Å²) in [5, 5.41) is 0. The molecule has 0 radical (unpaired) electrons. The Labute approximate surface area is 84.4 Å². The Morgan fingerprint density at radius 3 is 2.53 bits per heavy atom. The third-order valence-corrected chi connectivity index (χ3v) is 1.68. The molecule has 0 atom stereocenters. The Hall–Kier alpha value is -1.46. The van der Waals surface area contributed by atoms with Crippen molar-refractivity contribution in [1.29, 1.82) is 0 Å². The number of ether oxygens (including phenoxy) is 1. The molecule has 1 aromatic rings. The lowest BCUT2D eigenvalue weighted by atomic mass is 9.79. The summed E-state index contributed by atoms with van der Waals surface area (Å²) in [6.45, 7) is -1.99. The van der Waals surface area contributed by atoms with Crippen molar-refractivity contribution in [2.75, 3.05) is 6.61 Å². The van der Waals surface area contributed by atoms with E-state index in [0.717, 1.165) is 6.07 Å². The molecule has 0 saturated heterocycles. The fourth-order valence-corrected chi connectivity index (χ4v) is 1.05. The molecular weight excluding hydrogens is 211 g/mol. The lowest BCUT2D eigenvalue weighted by Crippen LogP contribution is -2.35. The van der Waals surface area contributed by atoms with Crippen LogP contribution in [-0.2, 0) is 0 Å². The van der Waals surface area contributed by atoms with Crippen LogP contribution in [0.15, 0.2) is 30.9 Å². The number of hydrogen-bond donors (Lipinski definition) is 0. The van der Waals surface area contributed by atoms with Crippen molar-refractivity contribution in [3.8, 4) is 5.75 Å². The first-order valence-electron chi connectivity index (χ1n) is 4.18. The summed E-state index contributed by atoms with van der Waals surface area (Å²) in [5.41, 5.74) is -0.932. The van der Waals surface area contributed by atoms with Gasteiger partial charge in [-0.3, -0.25) is 0 Å². The molecule has 0 N–H and O–H groups in total. The zero-order chi connectivity index (χ0) is 11.5. The summed E-state index contributed by atoms with van der Waals surface area (Å²) < 4.78 is 54.8. The van der Waals surface area contributed by atoms with Gasteiger partial charge in [0.25, 0.3) is 0 Å². The zero-order valence-electron chi connectivity index (χ0n) is 7.72. The molecule has 0 unspecified atom stereocenters. The smallest absolute Gasteiger partial charge is 0.492 e. The topological polar surface area (TPSA) is 9.23 Å². The van der Waals surface area contributed by atoms with Crippen LogP contribution in [0, 0.1) is 5.82 Å². The first kappa shape index (κ1) is 11.6. The van der Waals surface area contributed by atoms with Gasteiger partial charge in [-0.05, 0) is 6.07 Å². The largest absolute Gasteiger partial charge is 0.513 e. The Balaban J connectivity index is 3.08. The monoisotopic (exact) mass is 219 g/mol. The van der Waals surface area contributed by atoms with Crippen LogP contribution in [-0.4, -0.2) is 13.6 Å². The summed E-state index contributed by atoms with van der Waals surface area (Å²) in [4.78, 5) is 0. The molecule has 0 heterocycles. The molecule has 6 heteroatoms. The van der Waals surface area contributed by atoms with Gasteiger partial charge in [-0.2, -0.15) is 0 Å². The summed E-state index contributed by atoms with van der Waals surface area (Å²) in [7, 11) is 0. The molecule has 0 spiro atoms. The highest BCUT2D eigenvalue weighted by atomic mass is 19.4. The number of hydrogen-bond acceptors (Lipinski definition) is 1. The van der Waals surface area contributed by atoms with Gasteiger partial charge in [-0.1, -0.05) is 24.2 Å². The third-order valence-electron chi connectivity index (χ3n) is 1.68. The maximum atomic E-state index is 12.7. The van der Waals surface area contributed by atoms with Gasteiger partial charge in [0.15, 0.2) is 0 Å². The second kappa shape index (κ2) is 4.38. The Morgan fingerprint density at radius 2 is 2.00 bits per heavy atom. The molecule has 0 aromatic heterocycles. The van der Waals surface area contributed by atoms with Crippen molar-refractivity contribution in [3.05, 3.63) is 36.7 Å². The fourth-order valence-electron chi connectivity index (χ4n) is 1.05. The van der Waals surface area contributed by atoms with Crippen LogP contribution in [0.25, 0.3) is 0 Å². The van der Waals surface area contributed by atoms with E-state index in [0.29, 0.717) is 12.1 Å². The Morgan fingerprint density at radius 1 is 1.33 bits per heavy atom. The van der Waals surface area contributed by atoms with Crippen molar-refractivity contribution in [2.24, 2.45) is 0 Å². The Kier molecular flexibility index (Phi) is 3.39. The van der Waals surface area contributed by atoms with E-state index in [1.807, 2.05) is 0 Å². The van der Waals surface area contributed by atoms with Crippen LogP contribution in [0.4, 0.5) is 17.3 Å². The predicted molar refractivity (Wildman–Crippen MR) is 50.8 cm³/mol. The van der Waals surface area contributed by atoms with Gasteiger partial charge in [0.2, 0.25) is 0 Å². The van der Waals surface area contributed by atoms with Crippen molar-refractivity contribution >= 4 is 12.4 Å². The number of halogens is 4. The standard InChI is InChI=1S/C9H8BF4O/c1-2-5-15-9-6-7(11)3-4-8(9)10(12,13)14/h2-4,6H,1,5H2/q-1. The number of rotatable bonds is 4. The van der Waals surface area contributed by atoms with E-state index in [9.17, 15) is 17.3 Å². The molecule has 1 nitrogen and oxygen atoms in total. The minimum absolute atomic E-state index is 0.0946. The van der Waals surface area contributed by atoms with Gasteiger partial charge in [0.1, 0.15) is 12.4 Å². The first-order valence-corrected chi connectivity index (χ1v) is 4.18. The Bertz CT molecular complexity index is 362. The molecule has 0 aliphatic carbocycles. The van der Waals surface area contributed by atoms with Crippen LogP contribution in [0.2, 0.25) is 0 Å². The molecular formula is C9H8BF4O-. The highest BCUT2D eigenvalue weighted by Crippen LogP contribution is 2.18. The van der Waals surface area contributed by atoms with Gasteiger partial charge in [0.05, 0.1) is 5.75 Å². The minimum Gasteiger partial charge on any atom is -0.492 e. The number of benzene rings is 1. The van der Waals surface area contributed by atoms with Gasteiger partial charge >= 0.3 is 6.98 Å². The average Bonchev–Trinajstić information content (AvgIpc) is 2.12. The van der Waals surface area contributed by atoms with Crippen LogP contribution < -0.4 is 10.2 Å². The maximum Gasteiger partial charge on any atom is 0.513 e. The molecule has 0 saturated carbocycles. The quantitative estimate of drug-likeness (QED) is 0.429. The maximum absolute atomic E-state index is 12.7. The van der Waals surface area contributed by atoms with Crippen molar-refractivity contribution in [2.45, 2.75) is 0 Å². The van der Waals surface area contributed by atoms with Gasteiger partial charge in [-0.15, -0.1) is 0 Å². The molecule has 0 fully saturated rings. The fraction of sp³-hybridized carbons (Fsp3) is 0.111. The van der Waals surface area contributed by atoms with Gasteiger partial charge in [0, 0.05) is 6.07 Å². The van der Waals surface area contributed by atoms with Crippen LogP contribution in [0.5, 0.6) is 5.75 Å². The van der Waals surface area contributed by atoms with Crippen molar-refractivity contribution in [3.63, 3.8) is 0 Å². The molecule has 15 heavy (non-hydrogen) atoms. The summed E-state index contributed by atoms with van der Waals surface area (Å²) in [6.07, 6.45) is 1.29. The molecule has 1 aromatic carbocycles. The van der Waals surface area contributed by atoms with Gasteiger partial charge in [-0.25, -0.2) is 4.39 Å². The van der Waals surface area contributed by atoms with E-state index in [2.05, 4.69) is 6.58 Å². The highest BCUT2D eigenvalue weighted by molar-refractivity contribution is 6.74. The second-order valence-electron chi connectivity index (χ2n) is 2.86. The minimum atomic E-state index is -5.19. The lowest BCUT2D eigenvalue weighted by molar-refractivity contribution is 0.361. The lowest BCUT2D eigenvalue weighted by Gasteiger charge is -2.19. The second-order valence-corrected chi connectivity index (χ2v) is 2.86. The molecule has 82 valence electrons. The first-order chi connectivity index (χ1) is 6.95. The van der Waals surface area contributed by atoms with Crippen LogP contribution in [0.3, 0.4) is 0 Å². The van der Waals surface area contributed by atoms with E-state index >= 15 is 0 Å².